The topological polar surface area (TPSA) is 78.9 Å². The molecule has 0 aromatic heterocycles. The first kappa shape index (κ1) is 50.4. The van der Waals surface area contributed by atoms with Gasteiger partial charge in [-0.25, -0.2) is 0 Å². The Hall–Kier alpha value is -1.59. The highest BCUT2D eigenvalue weighted by Crippen LogP contribution is 2.16. The summed E-state index contributed by atoms with van der Waals surface area (Å²) in [5, 5.41) is 0. The number of carbonyl (C=O) groups is 3. The maximum atomic E-state index is 12.7. The van der Waals surface area contributed by atoms with Crippen LogP contribution in [0.15, 0.2) is 0 Å². The molecule has 0 bridgehead atoms. The van der Waals surface area contributed by atoms with Crippen LogP contribution in [0.2, 0.25) is 0 Å². The zero-order chi connectivity index (χ0) is 38.3. The molecule has 0 aliphatic carbocycles. The van der Waals surface area contributed by atoms with E-state index < -0.39 is 6.10 Å². The average Bonchev–Trinajstić information content (AvgIpc) is 3.11. The van der Waals surface area contributed by atoms with E-state index in [1.165, 1.54) is 135 Å². The highest BCUT2D eigenvalue weighted by Gasteiger charge is 2.19. The first-order valence-corrected chi connectivity index (χ1v) is 22.7. The number of carbonyl (C=O) groups excluding carboxylic acids is 3. The summed E-state index contributed by atoms with van der Waals surface area (Å²) in [6.45, 7) is 11.3. The zero-order valence-electron chi connectivity index (χ0n) is 35.4. The number of rotatable bonds is 40. The van der Waals surface area contributed by atoms with Crippen molar-refractivity contribution in [3.8, 4) is 0 Å². The van der Waals surface area contributed by atoms with Crippen molar-refractivity contribution in [3.05, 3.63) is 0 Å². The SMILES string of the molecule is CCCCCCCCCCCC(=O)OC[C@H](COC(=O)CCCCCCCCCC(C)C)OC(=O)CCCCCCCCCCCCCCC(C)C. The van der Waals surface area contributed by atoms with Gasteiger partial charge in [-0.2, -0.15) is 0 Å². The minimum absolute atomic E-state index is 0.0654. The largest absolute Gasteiger partial charge is 0.462 e. The van der Waals surface area contributed by atoms with Crippen molar-refractivity contribution >= 4 is 17.9 Å². The van der Waals surface area contributed by atoms with Crippen LogP contribution in [0.5, 0.6) is 0 Å². The molecule has 0 aliphatic rings. The van der Waals surface area contributed by atoms with Crippen molar-refractivity contribution < 1.29 is 28.6 Å². The van der Waals surface area contributed by atoms with Gasteiger partial charge in [0.2, 0.25) is 0 Å². The molecule has 6 heteroatoms. The van der Waals surface area contributed by atoms with Crippen molar-refractivity contribution in [2.24, 2.45) is 11.8 Å². The molecule has 0 aromatic carbocycles. The first-order valence-electron chi connectivity index (χ1n) is 22.7. The number of ether oxygens (including phenoxy) is 3. The summed E-state index contributed by atoms with van der Waals surface area (Å²) in [4.78, 5) is 37.6. The van der Waals surface area contributed by atoms with Gasteiger partial charge in [-0.3, -0.25) is 14.4 Å². The second-order valence-electron chi connectivity index (χ2n) is 16.6. The highest BCUT2D eigenvalue weighted by molar-refractivity contribution is 5.71. The van der Waals surface area contributed by atoms with Crippen molar-refractivity contribution in [1.29, 1.82) is 0 Å². The summed E-state index contributed by atoms with van der Waals surface area (Å²) in [5.41, 5.74) is 0. The van der Waals surface area contributed by atoms with Gasteiger partial charge >= 0.3 is 17.9 Å². The standard InChI is InChI=1S/C46H88O6/c1-6-7-8-9-10-15-21-26-31-36-44(47)50-39-43(40-51-45(48)37-32-27-23-18-20-25-30-35-42(4)5)52-46(49)38-33-28-22-17-14-12-11-13-16-19-24-29-34-41(2)3/h41-43H,6-40H2,1-5H3/t43-/m1/s1. The Morgan fingerprint density at radius 1 is 0.365 bits per heavy atom. The summed E-state index contributed by atoms with van der Waals surface area (Å²) in [5.74, 6) is 0.752. The quantitative estimate of drug-likeness (QED) is 0.0354. The Morgan fingerprint density at radius 3 is 0.942 bits per heavy atom. The molecular weight excluding hydrogens is 649 g/mol. The first-order chi connectivity index (χ1) is 25.2. The minimum Gasteiger partial charge on any atom is -0.462 e. The highest BCUT2D eigenvalue weighted by atomic mass is 16.6. The van der Waals surface area contributed by atoms with Gasteiger partial charge in [-0.05, 0) is 31.1 Å². The van der Waals surface area contributed by atoms with E-state index in [1.807, 2.05) is 0 Å². The van der Waals surface area contributed by atoms with Crippen LogP contribution in [0, 0.1) is 11.8 Å². The number of hydrogen-bond acceptors (Lipinski definition) is 6. The molecule has 0 rings (SSSR count). The zero-order valence-corrected chi connectivity index (χ0v) is 35.4. The van der Waals surface area contributed by atoms with E-state index in [0.29, 0.717) is 19.3 Å². The van der Waals surface area contributed by atoms with E-state index in [4.69, 9.17) is 14.2 Å². The van der Waals surface area contributed by atoms with E-state index >= 15 is 0 Å². The second kappa shape index (κ2) is 39.1. The molecule has 0 saturated carbocycles. The molecule has 0 spiro atoms. The summed E-state index contributed by atoms with van der Waals surface area (Å²) < 4.78 is 16.7. The van der Waals surface area contributed by atoms with Gasteiger partial charge in [0.1, 0.15) is 13.2 Å². The number of hydrogen-bond donors (Lipinski definition) is 0. The molecule has 0 saturated heterocycles. The molecule has 0 heterocycles. The van der Waals surface area contributed by atoms with E-state index in [0.717, 1.165) is 69.6 Å². The Kier molecular flexibility index (Phi) is 37.9. The van der Waals surface area contributed by atoms with Gasteiger partial charge in [0.05, 0.1) is 0 Å². The van der Waals surface area contributed by atoms with E-state index in [-0.39, 0.29) is 31.1 Å². The molecule has 0 fully saturated rings. The lowest BCUT2D eigenvalue weighted by atomic mass is 10.0. The molecular formula is C46H88O6. The lowest BCUT2D eigenvalue weighted by Gasteiger charge is -2.18. The summed E-state index contributed by atoms with van der Waals surface area (Å²) in [6.07, 6.45) is 36.7. The van der Waals surface area contributed by atoms with Crippen molar-refractivity contribution in [3.63, 3.8) is 0 Å². The fourth-order valence-electron chi connectivity index (χ4n) is 6.75. The molecule has 52 heavy (non-hydrogen) atoms. The summed E-state index contributed by atoms with van der Waals surface area (Å²) >= 11 is 0. The van der Waals surface area contributed by atoms with Gasteiger partial charge in [-0.15, -0.1) is 0 Å². The minimum atomic E-state index is -0.760. The maximum Gasteiger partial charge on any atom is 0.306 e. The van der Waals surface area contributed by atoms with Crippen LogP contribution in [-0.2, 0) is 28.6 Å². The van der Waals surface area contributed by atoms with Crippen molar-refractivity contribution in [2.45, 2.75) is 253 Å². The predicted molar refractivity (Wildman–Crippen MR) is 220 cm³/mol. The molecule has 6 nitrogen and oxygen atoms in total. The van der Waals surface area contributed by atoms with Crippen LogP contribution < -0.4 is 0 Å². The third-order valence-electron chi connectivity index (χ3n) is 10.2. The molecule has 0 aromatic rings. The third kappa shape index (κ3) is 39.6. The molecule has 0 N–H and O–H groups in total. The smallest absolute Gasteiger partial charge is 0.306 e. The van der Waals surface area contributed by atoms with Crippen LogP contribution in [0.1, 0.15) is 247 Å². The molecule has 308 valence electrons. The molecule has 0 unspecified atom stereocenters. The van der Waals surface area contributed by atoms with Crippen molar-refractivity contribution in [1.82, 2.24) is 0 Å². The van der Waals surface area contributed by atoms with E-state index in [1.54, 1.807) is 0 Å². The van der Waals surface area contributed by atoms with Gasteiger partial charge in [-0.1, -0.05) is 208 Å². The maximum absolute atomic E-state index is 12.7. The Balaban J connectivity index is 4.31. The van der Waals surface area contributed by atoms with Gasteiger partial charge < -0.3 is 14.2 Å². The second-order valence-corrected chi connectivity index (χ2v) is 16.6. The van der Waals surface area contributed by atoms with Gasteiger partial charge in [0, 0.05) is 19.3 Å². The summed E-state index contributed by atoms with van der Waals surface area (Å²) in [6, 6.07) is 0. The van der Waals surface area contributed by atoms with Gasteiger partial charge in [0.25, 0.3) is 0 Å². The fraction of sp³-hybridized carbons (Fsp3) is 0.935. The lowest BCUT2D eigenvalue weighted by Crippen LogP contribution is -2.30. The lowest BCUT2D eigenvalue weighted by molar-refractivity contribution is -0.167. The Bertz CT molecular complexity index is 794. The number of esters is 3. The Labute approximate surface area is 323 Å². The van der Waals surface area contributed by atoms with E-state index in [9.17, 15) is 14.4 Å². The van der Waals surface area contributed by atoms with Crippen LogP contribution >= 0.6 is 0 Å². The van der Waals surface area contributed by atoms with Crippen LogP contribution in [0.3, 0.4) is 0 Å². The van der Waals surface area contributed by atoms with E-state index in [2.05, 4.69) is 34.6 Å². The molecule has 0 aliphatic heterocycles. The molecule has 0 radical (unpaired) electrons. The molecule has 1 atom stereocenters. The molecule has 0 amide bonds. The normalized spacial score (nSPS) is 12.1. The fourth-order valence-corrected chi connectivity index (χ4v) is 6.75. The Morgan fingerprint density at radius 2 is 0.635 bits per heavy atom. The third-order valence-corrected chi connectivity index (χ3v) is 10.2. The summed E-state index contributed by atoms with van der Waals surface area (Å²) in [7, 11) is 0. The predicted octanol–water partition coefficient (Wildman–Crippen LogP) is 14.2. The van der Waals surface area contributed by atoms with Crippen LogP contribution in [0.4, 0.5) is 0 Å². The number of unbranched alkanes of at least 4 members (excludes halogenated alkanes) is 25. The van der Waals surface area contributed by atoms with Crippen molar-refractivity contribution in [2.75, 3.05) is 13.2 Å². The monoisotopic (exact) mass is 737 g/mol. The van der Waals surface area contributed by atoms with Gasteiger partial charge in [0.15, 0.2) is 6.10 Å². The van der Waals surface area contributed by atoms with Crippen LogP contribution in [-0.4, -0.2) is 37.2 Å². The van der Waals surface area contributed by atoms with Crippen LogP contribution in [0.25, 0.3) is 0 Å². The average molecular weight is 737 g/mol.